The molecule has 252 valence electrons. The number of carbonyl (C=O) groups excluding carboxylic acids is 5. The van der Waals surface area contributed by atoms with Gasteiger partial charge in [-0.1, -0.05) is 67.2 Å². The van der Waals surface area contributed by atoms with Crippen LogP contribution in [-0.4, -0.2) is 69.2 Å². The van der Waals surface area contributed by atoms with Gasteiger partial charge >= 0.3 is 18.0 Å². The summed E-state index contributed by atoms with van der Waals surface area (Å²) in [5.41, 5.74) is 3.56. The van der Waals surface area contributed by atoms with E-state index in [0.717, 1.165) is 25.0 Å². The number of esters is 2. The normalized spacial score (nSPS) is 9.68. The third-order valence-corrected chi connectivity index (χ3v) is 5.58. The molecule has 11 nitrogen and oxygen atoms in total. The van der Waals surface area contributed by atoms with E-state index in [9.17, 15) is 24.0 Å². The van der Waals surface area contributed by atoms with Crippen molar-refractivity contribution in [2.24, 2.45) is 16.6 Å². The average molecular weight is 626 g/mol. The standard InChI is InChI=1S/C23H35NO8.2C4H6O.C2H6.H2/c1-7-18(6)29-14-22(10-4,11-5)12-28-13-23(17-32-21(24)27,15-30-19(25)8-2)16-31-20(26)9-3;2*1-3-4(2)5;1-2;/h7-9H,1-3,6,10-17H2,4-5H3,(H2,24,27);2*3H,1H2,2H3;1-2H3;1H. The van der Waals surface area contributed by atoms with Crippen LogP contribution in [0.2, 0.25) is 0 Å². The predicted molar refractivity (Wildman–Crippen MR) is 175 cm³/mol. The second-order valence-electron chi connectivity index (χ2n) is 9.02. The van der Waals surface area contributed by atoms with Crippen molar-refractivity contribution < 1.29 is 49.1 Å². The lowest BCUT2D eigenvalue weighted by molar-refractivity contribution is -0.156. The molecule has 0 fully saturated rings. The Hall–Kier alpha value is -4.25. The monoisotopic (exact) mass is 625 g/mol. The molecular formula is C33H55NO10. The molecule has 11 heteroatoms. The SMILES string of the molecule is C=CC(=C)OCC(CC)(CC)COCC(COC(N)=O)(COC(=O)C=C)COC(=O)C=C.C=CC(C)=O.C=CC(C)=O.CC.[HH]. The minimum absolute atomic E-state index is 0. The fraction of sp³-hybridized carbons (Fsp3) is 0.485. The van der Waals surface area contributed by atoms with Crippen LogP contribution in [0.15, 0.2) is 75.6 Å². The van der Waals surface area contributed by atoms with Gasteiger partial charge in [0.25, 0.3) is 0 Å². The lowest BCUT2D eigenvalue weighted by Gasteiger charge is -2.35. The van der Waals surface area contributed by atoms with E-state index in [0.29, 0.717) is 12.4 Å². The number of hydrogen-bond acceptors (Lipinski definition) is 10. The van der Waals surface area contributed by atoms with Gasteiger partial charge in [-0.3, -0.25) is 9.59 Å². The predicted octanol–water partition coefficient (Wildman–Crippen LogP) is 5.86. The summed E-state index contributed by atoms with van der Waals surface area (Å²) in [6, 6.07) is 0. The van der Waals surface area contributed by atoms with Gasteiger partial charge in [0, 0.05) is 19.0 Å². The van der Waals surface area contributed by atoms with Gasteiger partial charge in [0.1, 0.15) is 25.6 Å². The molecule has 0 spiro atoms. The molecule has 2 N–H and O–H groups in total. The number of allylic oxidation sites excluding steroid dienone is 3. The number of carbonyl (C=O) groups is 5. The van der Waals surface area contributed by atoms with Crippen LogP contribution in [0, 0.1) is 10.8 Å². The van der Waals surface area contributed by atoms with Gasteiger partial charge in [-0.2, -0.15) is 0 Å². The minimum atomic E-state index is -1.20. The molecule has 1 amide bonds. The average Bonchev–Trinajstić information content (AvgIpc) is 3.03. The van der Waals surface area contributed by atoms with Crippen LogP contribution < -0.4 is 5.73 Å². The molecule has 0 unspecified atom stereocenters. The molecule has 0 aromatic carbocycles. The van der Waals surface area contributed by atoms with Crippen molar-refractivity contribution in [3.05, 3.63) is 75.6 Å². The summed E-state index contributed by atoms with van der Waals surface area (Å²) < 4.78 is 26.9. The van der Waals surface area contributed by atoms with Gasteiger partial charge in [-0.25, -0.2) is 14.4 Å². The third-order valence-electron chi connectivity index (χ3n) is 5.58. The van der Waals surface area contributed by atoms with Crippen molar-refractivity contribution in [1.82, 2.24) is 0 Å². The van der Waals surface area contributed by atoms with Crippen molar-refractivity contribution >= 4 is 29.6 Å². The maximum Gasteiger partial charge on any atom is 0.404 e. The summed E-state index contributed by atoms with van der Waals surface area (Å²) in [4.78, 5) is 53.9. The summed E-state index contributed by atoms with van der Waals surface area (Å²) in [5.74, 6) is -0.907. The fourth-order valence-corrected chi connectivity index (χ4v) is 2.53. The summed E-state index contributed by atoms with van der Waals surface area (Å²) in [5, 5.41) is 0. The highest BCUT2D eigenvalue weighted by Gasteiger charge is 2.38. The summed E-state index contributed by atoms with van der Waals surface area (Å²) in [7, 11) is 0. The zero-order chi connectivity index (χ0) is 35.2. The van der Waals surface area contributed by atoms with E-state index in [2.05, 4.69) is 39.5 Å². The van der Waals surface area contributed by atoms with Gasteiger partial charge in [0.15, 0.2) is 11.6 Å². The first-order valence-electron chi connectivity index (χ1n) is 13.9. The lowest BCUT2D eigenvalue weighted by Crippen LogP contribution is -2.45. The van der Waals surface area contributed by atoms with Crippen LogP contribution >= 0.6 is 0 Å². The number of primary amides is 1. The van der Waals surface area contributed by atoms with E-state index in [-0.39, 0.29) is 51.4 Å². The molecule has 0 aromatic heterocycles. The van der Waals surface area contributed by atoms with Gasteiger partial charge in [-0.05, 0) is 44.9 Å². The second kappa shape index (κ2) is 28.9. The number of ketones is 2. The molecule has 0 aliphatic rings. The number of nitrogens with two attached hydrogens (primary N) is 1. The van der Waals surface area contributed by atoms with Crippen molar-refractivity contribution in [3.63, 3.8) is 0 Å². The lowest BCUT2D eigenvalue weighted by atomic mass is 9.84. The Labute approximate surface area is 264 Å². The second-order valence-corrected chi connectivity index (χ2v) is 9.02. The largest absolute Gasteiger partial charge is 0.494 e. The quantitative estimate of drug-likeness (QED) is 0.0571. The first kappa shape index (κ1) is 46.7. The van der Waals surface area contributed by atoms with E-state index in [4.69, 9.17) is 29.4 Å². The topological polar surface area (TPSA) is 158 Å². The van der Waals surface area contributed by atoms with Crippen LogP contribution in [0.3, 0.4) is 0 Å². The Morgan fingerprint density at radius 1 is 0.614 bits per heavy atom. The smallest absolute Gasteiger partial charge is 0.404 e. The molecule has 0 rings (SSSR count). The number of amides is 1. The molecule has 44 heavy (non-hydrogen) atoms. The van der Waals surface area contributed by atoms with Crippen molar-refractivity contribution in [2.45, 2.75) is 54.4 Å². The highest BCUT2D eigenvalue weighted by Crippen LogP contribution is 2.30. The maximum absolute atomic E-state index is 11.6. The number of hydrogen-bond donors (Lipinski definition) is 1. The highest BCUT2D eigenvalue weighted by atomic mass is 16.6. The van der Waals surface area contributed by atoms with Gasteiger partial charge in [0.05, 0.1) is 25.2 Å². The van der Waals surface area contributed by atoms with Gasteiger partial charge in [0.2, 0.25) is 0 Å². The Morgan fingerprint density at radius 2 is 0.955 bits per heavy atom. The van der Waals surface area contributed by atoms with Crippen molar-refractivity contribution in [1.29, 1.82) is 0 Å². The van der Waals surface area contributed by atoms with Crippen LogP contribution in [0.5, 0.6) is 0 Å². The van der Waals surface area contributed by atoms with E-state index < -0.39 is 23.4 Å². The first-order chi connectivity index (χ1) is 20.6. The zero-order valence-corrected chi connectivity index (χ0v) is 27.4. The Kier molecular flexibility index (Phi) is 30.6. The van der Waals surface area contributed by atoms with Crippen molar-refractivity contribution in [2.75, 3.05) is 39.6 Å². The van der Waals surface area contributed by atoms with Gasteiger partial charge in [-0.15, -0.1) is 0 Å². The number of ether oxygens (including phenoxy) is 5. The summed E-state index contributed by atoms with van der Waals surface area (Å²) in [6.07, 6.45) is 6.50. The van der Waals surface area contributed by atoms with E-state index in [1.165, 1.54) is 32.1 Å². The molecule has 0 saturated heterocycles. The van der Waals surface area contributed by atoms with Crippen molar-refractivity contribution in [3.8, 4) is 0 Å². The van der Waals surface area contributed by atoms with Gasteiger partial charge < -0.3 is 29.4 Å². The molecule has 0 aliphatic carbocycles. The fourth-order valence-electron chi connectivity index (χ4n) is 2.53. The molecule has 0 aromatic rings. The Morgan fingerprint density at radius 3 is 1.25 bits per heavy atom. The summed E-state index contributed by atoms with van der Waals surface area (Å²) in [6.45, 7) is 31.1. The highest BCUT2D eigenvalue weighted by molar-refractivity contribution is 5.86. The summed E-state index contributed by atoms with van der Waals surface area (Å²) >= 11 is 0. The molecule has 0 saturated carbocycles. The molecule has 0 aliphatic heterocycles. The Balaban J connectivity index is -0.000000348. The van der Waals surface area contributed by atoms with E-state index >= 15 is 0 Å². The maximum atomic E-state index is 11.6. The molecule has 0 atom stereocenters. The van der Waals surface area contributed by atoms with E-state index in [1.54, 1.807) is 0 Å². The zero-order valence-electron chi connectivity index (χ0n) is 27.4. The van der Waals surface area contributed by atoms with Crippen LogP contribution in [0.25, 0.3) is 0 Å². The van der Waals surface area contributed by atoms with Crippen LogP contribution in [0.1, 0.15) is 55.8 Å². The van der Waals surface area contributed by atoms with Crippen LogP contribution in [-0.2, 0) is 42.9 Å². The minimum Gasteiger partial charge on any atom is -0.494 e. The molecule has 0 radical (unpaired) electrons. The molecule has 0 bridgehead atoms. The third kappa shape index (κ3) is 26.6. The Bertz CT molecular complexity index is 913. The number of rotatable bonds is 20. The molecular weight excluding hydrogens is 570 g/mol. The van der Waals surface area contributed by atoms with Crippen LogP contribution in [0.4, 0.5) is 4.79 Å². The molecule has 0 heterocycles. The van der Waals surface area contributed by atoms with E-state index in [1.807, 2.05) is 27.7 Å². The first-order valence-corrected chi connectivity index (χ1v) is 13.9.